The molecule has 29 heavy (non-hydrogen) atoms. The summed E-state index contributed by atoms with van der Waals surface area (Å²) in [6.45, 7) is 2.41. The molecule has 0 atom stereocenters. The van der Waals surface area contributed by atoms with E-state index in [-0.39, 0.29) is 11.7 Å². The smallest absolute Gasteiger partial charge is 0.257 e. The number of aryl methyl sites for hydroxylation is 1. The van der Waals surface area contributed by atoms with Crippen molar-refractivity contribution in [3.8, 4) is 5.75 Å². The third-order valence-electron chi connectivity index (χ3n) is 5.47. The molecule has 0 spiro atoms. The van der Waals surface area contributed by atoms with E-state index in [1.165, 1.54) is 0 Å². The molecule has 8 nitrogen and oxygen atoms in total. The standard InChI is InChI=1S/C21H20N6O2/c1-25-19-17(12-24-25)20(23-13-22-19)26-6-8-27(9-7-26)21(29)16-10-14-4-2-3-5-15(14)11-18(16)28/h2-5,10-13,28H,6-9H2,1H3. The van der Waals surface area contributed by atoms with E-state index in [0.717, 1.165) is 27.6 Å². The zero-order valence-electron chi connectivity index (χ0n) is 16.0. The van der Waals surface area contributed by atoms with Gasteiger partial charge in [-0.25, -0.2) is 9.97 Å². The fourth-order valence-corrected chi connectivity index (χ4v) is 3.89. The quantitative estimate of drug-likeness (QED) is 0.566. The fourth-order valence-electron chi connectivity index (χ4n) is 3.89. The minimum absolute atomic E-state index is 0.0176. The Morgan fingerprint density at radius 1 is 1.03 bits per heavy atom. The Bertz CT molecular complexity index is 1230. The van der Waals surface area contributed by atoms with Crippen LogP contribution in [-0.2, 0) is 7.05 Å². The molecule has 1 amide bonds. The normalized spacial score (nSPS) is 14.7. The number of hydrogen-bond donors (Lipinski definition) is 1. The van der Waals surface area contributed by atoms with E-state index < -0.39 is 0 Å². The number of phenols is 1. The van der Waals surface area contributed by atoms with Crippen LogP contribution in [-0.4, -0.2) is 61.8 Å². The van der Waals surface area contributed by atoms with Crippen LogP contribution in [0.2, 0.25) is 0 Å². The molecule has 0 aliphatic carbocycles. The summed E-state index contributed by atoms with van der Waals surface area (Å²) in [5.74, 6) is 0.704. The highest BCUT2D eigenvalue weighted by Crippen LogP contribution is 2.27. The first-order chi connectivity index (χ1) is 14.1. The Balaban J connectivity index is 1.36. The summed E-state index contributed by atoms with van der Waals surface area (Å²) < 4.78 is 1.72. The number of carbonyl (C=O) groups is 1. The molecule has 146 valence electrons. The monoisotopic (exact) mass is 388 g/mol. The van der Waals surface area contributed by atoms with Gasteiger partial charge in [-0.15, -0.1) is 0 Å². The van der Waals surface area contributed by atoms with Gasteiger partial charge < -0.3 is 14.9 Å². The van der Waals surface area contributed by atoms with E-state index in [9.17, 15) is 9.90 Å². The third kappa shape index (κ3) is 2.93. The highest BCUT2D eigenvalue weighted by Gasteiger charge is 2.26. The number of fused-ring (bicyclic) bond motifs is 2. The van der Waals surface area contributed by atoms with Crippen LogP contribution in [0, 0.1) is 0 Å². The maximum Gasteiger partial charge on any atom is 0.257 e. The molecule has 1 aliphatic rings. The first-order valence-electron chi connectivity index (χ1n) is 9.50. The number of hydrogen-bond acceptors (Lipinski definition) is 6. The second-order valence-electron chi connectivity index (χ2n) is 7.20. The number of phenolic OH excluding ortho intramolecular Hbond substituents is 1. The van der Waals surface area contributed by atoms with E-state index in [4.69, 9.17) is 0 Å². The van der Waals surface area contributed by atoms with Crippen molar-refractivity contribution in [2.45, 2.75) is 0 Å². The lowest BCUT2D eigenvalue weighted by Crippen LogP contribution is -2.49. The lowest BCUT2D eigenvalue weighted by Gasteiger charge is -2.35. The lowest BCUT2D eigenvalue weighted by molar-refractivity contribution is 0.0744. The van der Waals surface area contributed by atoms with Crippen molar-refractivity contribution >= 4 is 33.5 Å². The fraction of sp³-hybridized carbons (Fsp3) is 0.238. The third-order valence-corrected chi connectivity index (χ3v) is 5.47. The van der Waals surface area contributed by atoms with Crippen LogP contribution in [0.4, 0.5) is 5.82 Å². The van der Waals surface area contributed by atoms with E-state index in [2.05, 4.69) is 20.0 Å². The second-order valence-corrected chi connectivity index (χ2v) is 7.20. The van der Waals surface area contributed by atoms with Crippen LogP contribution in [0.25, 0.3) is 21.8 Å². The predicted octanol–water partition coefficient (Wildman–Crippen LogP) is 2.18. The molecule has 1 fully saturated rings. The largest absolute Gasteiger partial charge is 0.507 e. The lowest BCUT2D eigenvalue weighted by atomic mass is 10.0. The molecule has 1 aliphatic heterocycles. The van der Waals surface area contributed by atoms with Crippen molar-refractivity contribution in [1.29, 1.82) is 0 Å². The van der Waals surface area contributed by atoms with Gasteiger partial charge >= 0.3 is 0 Å². The van der Waals surface area contributed by atoms with Gasteiger partial charge in [0.1, 0.15) is 17.9 Å². The van der Waals surface area contributed by atoms with Gasteiger partial charge in [0, 0.05) is 33.2 Å². The summed E-state index contributed by atoms with van der Waals surface area (Å²) in [4.78, 5) is 25.7. The van der Waals surface area contributed by atoms with Crippen LogP contribution < -0.4 is 4.90 Å². The van der Waals surface area contributed by atoms with Crippen molar-refractivity contribution in [3.63, 3.8) is 0 Å². The van der Waals surface area contributed by atoms with Gasteiger partial charge in [-0.2, -0.15) is 5.10 Å². The summed E-state index contributed by atoms with van der Waals surface area (Å²) in [6.07, 6.45) is 3.32. The van der Waals surface area contributed by atoms with E-state index in [0.29, 0.717) is 31.7 Å². The van der Waals surface area contributed by atoms with Gasteiger partial charge in [-0.1, -0.05) is 24.3 Å². The Morgan fingerprint density at radius 2 is 1.76 bits per heavy atom. The van der Waals surface area contributed by atoms with Gasteiger partial charge in [0.2, 0.25) is 0 Å². The Hall–Kier alpha value is -3.68. The van der Waals surface area contributed by atoms with Gasteiger partial charge in [0.25, 0.3) is 5.91 Å². The molecule has 1 N–H and O–H groups in total. The molecule has 0 bridgehead atoms. The predicted molar refractivity (Wildman–Crippen MR) is 110 cm³/mol. The highest BCUT2D eigenvalue weighted by molar-refractivity contribution is 6.01. The Morgan fingerprint density at radius 3 is 2.52 bits per heavy atom. The number of amides is 1. The summed E-state index contributed by atoms with van der Waals surface area (Å²) in [5, 5.41) is 17.4. The molecule has 1 saturated heterocycles. The molecule has 2 aromatic heterocycles. The molecule has 0 saturated carbocycles. The average molecular weight is 388 g/mol. The molecule has 0 radical (unpaired) electrons. The topological polar surface area (TPSA) is 87.4 Å². The van der Waals surface area contributed by atoms with Crippen LogP contribution in [0.15, 0.2) is 48.9 Å². The molecule has 2 aromatic carbocycles. The molecular weight excluding hydrogens is 368 g/mol. The summed E-state index contributed by atoms with van der Waals surface area (Å²) >= 11 is 0. The summed E-state index contributed by atoms with van der Waals surface area (Å²) in [5.41, 5.74) is 1.13. The average Bonchev–Trinajstić information content (AvgIpc) is 3.14. The van der Waals surface area contributed by atoms with Gasteiger partial charge in [0.05, 0.1) is 17.1 Å². The van der Waals surface area contributed by atoms with Crippen molar-refractivity contribution in [2.75, 3.05) is 31.1 Å². The molecular formula is C21H20N6O2. The molecule has 3 heterocycles. The summed E-state index contributed by atoms with van der Waals surface area (Å²) in [6, 6.07) is 11.1. The minimum Gasteiger partial charge on any atom is -0.507 e. The number of nitrogens with zero attached hydrogens (tertiary/aromatic N) is 6. The van der Waals surface area contributed by atoms with Crippen LogP contribution in [0.5, 0.6) is 5.75 Å². The Kier molecular flexibility index (Phi) is 4.04. The number of benzene rings is 2. The van der Waals surface area contributed by atoms with Crippen molar-refractivity contribution in [2.24, 2.45) is 7.05 Å². The zero-order valence-corrected chi connectivity index (χ0v) is 16.0. The van der Waals surface area contributed by atoms with E-state index in [1.54, 1.807) is 34.2 Å². The first kappa shape index (κ1) is 17.4. The number of aromatic hydroxyl groups is 1. The molecule has 4 aromatic rings. The van der Waals surface area contributed by atoms with E-state index >= 15 is 0 Å². The van der Waals surface area contributed by atoms with Gasteiger partial charge in [0.15, 0.2) is 5.65 Å². The number of carbonyl (C=O) groups excluding carboxylic acids is 1. The molecule has 5 rings (SSSR count). The van der Waals surface area contributed by atoms with Crippen molar-refractivity contribution in [1.82, 2.24) is 24.6 Å². The maximum atomic E-state index is 13.0. The number of rotatable bonds is 2. The summed E-state index contributed by atoms with van der Waals surface area (Å²) in [7, 11) is 1.85. The van der Waals surface area contributed by atoms with Gasteiger partial charge in [-0.3, -0.25) is 9.48 Å². The number of anilines is 1. The van der Waals surface area contributed by atoms with Crippen molar-refractivity contribution < 1.29 is 9.90 Å². The molecule has 0 unspecified atom stereocenters. The number of aromatic nitrogens is 4. The van der Waals surface area contributed by atoms with Crippen molar-refractivity contribution in [3.05, 3.63) is 54.5 Å². The number of piperazine rings is 1. The SMILES string of the molecule is Cn1ncc2c(N3CCN(C(=O)c4cc5ccccc5cc4O)CC3)ncnc21. The first-order valence-corrected chi connectivity index (χ1v) is 9.50. The molecule has 8 heteroatoms. The van der Waals surface area contributed by atoms with Crippen LogP contribution >= 0.6 is 0 Å². The van der Waals surface area contributed by atoms with E-state index in [1.807, 2.05) is 31.3 Å². The van der Waals surface area contributed by atoms with Crippen LogP contribution in [0.1, 0.15) is 10.4 Å². The van der Waals surface area contributed by atoms with Gasteiger partial charge in [-0.05, 0) is 22.9 Å². The maximum absolute atomic E-state index is 13.0. The minimum atomic E-state index is -0.151. The van der Waals surface area contributed by atoms with Crippen LogP contribution in [0.3, 0.4) is 0 Å². The highest BCUT2D eigenvalue weighted by atomic mass is 16.3. The zero-order chi connectivity index (χ0) is 20.0. The second kappa shape index (κ2) is 6.73. The Labute approximate surface area is 167 Å².